The Morgan fingerprint density at radius 3 is 2.48 bits per heavy atom. The van der Waals surface area contributed by atoms with Crippen molar-refractivity contribution in [2.24, 2.45) is 5.92 Å². The Kier molecular flexibility index (Phi) is 6.38. The molecule has 1 fully saturated rings. The number of hydrogen-bond donors (Lipinski definition) is 1. The maximum absolute atomic E-state index is 12.5. The van der Waals surface area contributed by atoms with Gasteiger partial charge in [0.05, 0.1) is 19.3 Å². The van der Waals surface area contributed by atoms with Crippen molar-refractivity contribution in [2.75, 3.05) is 32.1 Å². The first-order chi connectivity index (χ1) is 12.0. The summed E-state index contributed by atoms with van der Waals surface area (Å²) in [6.45, 7) is 4.96. The van der Waals surface area contributed by atoms with Gasteiger partial charge in [-0.15, -0.1) is 0 Å². The highest BCUT2D eigenvalue weighted by Gasteiger charge is 2.28. The molecule has 0 bridgehead atoms. The van der Waals surface area contributed by atoms with Gasteiger partial charge in [-0.05, 0) is 50.5 Å². The van der Waals surface area contributed by atoms with Gasteiger partial charge in [0.2, 0.25) is 5.91 Å². The molecule has 7 nitrogen and oxygen atoms in total. The summed E-state index contributed by atoms with van der Waals surface area (Å²) in [7, 11) is 1.33. The lowest BCUT2D eigenvalue weighted by Crippen LogP contribution is -2.41. The zero-order valence-electron chi connectivity index (χ0n) is 14.8. The predicted molar refractivity (Wildman–Crippen MR) is 92.5 cm³/mol. The second kappa shape index (κ2) is 8.50. The molecular formula is C18H24N2O5. The molecule has 1 saturated heterocycles. The third kappa shape index (κ3) is 4.71. The van der Waals surface area contributed by atoms with Crippen LogP contribution in [-0.2, 0) is 14.3 Å². The third-order valence-electron chi connectivity index (χ3n) is 4.30. The maximum atomic E-state index is 12.5. The van der Waals surface area contributed by atoms with Gasteiger partial charge in [-0.25, -0.2) is 9.59 Å². The molecule has 1 aromatic carbocycles. The molecular weight excluding hydrogens is 324 g/mol. The summed E-state index contributed by atoms with van der Waals surface area (Å²) >= 11 is 0. The van der Waals surface area contributed by atoms with Crippen molar-refractivity contribution in [1.82, 2.24) is 4.90 Å². The lowest BCUT2D eigenvalue weighted by Gasteiger charge is -2.30. The van der Waals surface area contributed by atoms with Crippen molar-refractivity contribution < 1.29 is 23.9 Å². The molecule has 7 heteroatoms. The van der Waals surface area contributed by atoms with E-state index in [1.165, 1.54) is 7.11 Å². The number of carbonyl (C=O) groups is 3. The number of rotatable bonds is 4. The van der Waals surface area contributed by atoms with Crippen molar-refractivity contribution in [1.29, 1.82) is 0 Å². The second-order valence-corrected chi connectivity index (χ2v) is 5.97. The normalized spacial score (nSPS) is 14.8. The van der Waals surface area contributed by atoms with Gasteiger partial charge in [-0.2, -0.15) is 0 Å². The van der Waals surface area contributed by atoms with Gasteiger partial charge in [-0.1, -0.05) is 0 Å². The van der Waals surface area contributed by atoms with E-state index in [-0.39, 0.29) is 17.9 Å². The highest BCUT2D eigenvalue weighted by Crippen LogP contribution is 2.22. The van der Waals surface area contributed by atoms with Crippen molar-refractivity contribution in [3.05, 3.63) is 29.3 Å². The summed E-state index contributed by atoms with van der Waals surface area (Å²) < 4.78 is 9.66. The summed E-state index contributed by atoms with van der Waals surface area (Å²) in [5.74, 6) is -0.630. The average Bonchev–Trinajstić information content (AvgIpc) is 2.63. The molecule has 1 aliphatic heterocycles. The molecule has 0 unspecified atom stereocenters. The largest absolute Gasteiger partial charge is 0.465 e. The number of piperidine rings is 1. The van der Waals surface area contributed by atoms with Crippen LogP contribution >= 0.6 is 0 Å². The molecule has 25 heavy (non-hydrogen) atoms. The highest BCUT2D eigenvalue weighted by molar-refractivity contribution is 5.95. The van der Waals surface area contributed by atoms with Gasteiger partial charge in [0.15, 0.2) is 0 Å². The standard InChI is InChI=1S/C18H24N2O5/c1-4-25-18(23)20-9-7-13(8-10-20)16(21)19-15-6-5-14(11-12(15)2)17(22)24-3/h5-6,11,13H,4,7-10H2,1-3H3,(H,19,21). The Morgan fingerprint density at radius 1 is 1.24 bits per heavy atom. The number of nitrogens with one attached hydrogen (secondary N) is 1. The predicted octanol–water partition coefficient (Wildman–Crippen LogP) is 2.59. The van der Waals surface area contributed by atoms with E-state index in [9.17, 15) is 14.4 Å². The van der Waals surface area contributed by atoms with Gasteiger partial charge in [0, 0.05) is 24.7 Å². The Labute approximate surface area is 147 Å². The number of esters is 1. The molecule has 0 saturated carbocycles. The van der Waals surface area contributed by atoms with Crippen LogP contribution in [0.1, 0.15) is 35.7 Å². The molecule has 0 atom stereocenters. The van der Waals surface area contributed by atoms with E-state index < -0.39 is 5.97 Å². The van der Waals surface area contributed by atoms with Crippen molar-refractivity contribution in [2.45, 2.75) is 26.7 Å². The monoisotopic (exact) mass is 348 g/mol. The fourth-order valence-electron chi connectivity index (χ4n) is 2.82. The lowest BCUT2D eigenvalue weighted by atomic mass is 9.96. The SMILES string of the molecule is CCOC(=O)N1CCC(C(=O)Nc2ccc(C(=O)OC)cc2C)CC1. The number of amides is 2. The number of hydrogen-bond acceptors (Lipinski definition) is 5. The molecule has 1 aromatic rings. The van der Waals surface area contributed by atoms with Gasteiger partial charge >= 0.3 is 12.1 Å². The number of nitrogens with zero attached hydrogens (tertiary/aromatic N) is 1. The van der Waals surface area contributed by atoms with Crippen LogP contribution in [-0.4, -0.2) is 49.7 Å². The van der Waals surface area contributed by atoms with E-state index in [0.29, 0.717) is 43.8 Å². The molecule has 2 rings (SSSR count). The molecule has 1 aliphatic rings. The molecule has 0 spiro atoms. The van der Waals surface area contributed by atoms with Crippen LogP contribution in [0.3, 0.4) is 0 Å². The molecule has 1 N–H and O–H groups in total. The Balaban J connectivity index is 1.93. The molecule has 0 aromatic heterocycles. The summed E-state index contributed by atoms with van der Waals surface area (Å²) in [4.78, 5) is 37.3. The van der Waals surface area contributed by atoms with Crippen LogP contribution < -0.4 is 5.32 Å². The zero-order chi connectivity index (χ0) is 18.4. The van der Waals surface area contributed by atoms with E-state index >= 15 is 0 Å². The van der Waals surface area contributed by atoms with Crippen LogP contribution in [0.2, 0.25) is 0 Å². The lowest BCUT2D eigenvalue weighted by molar-refractivity contribution is -0.121. The van der Waals surface area contributed by atoms with Crippen molar-refractivity contribution >= 4 is 23.7 Å². The van der Waals surface area contributed by atoms with Gasteiger partial charge in [0.1, 0.15) is 0 Å². The molecule has 2 amide bonds. The molecule has 0 radical (unpaired) electrons. The summed E-state index contributed by atoms with van der Waals surface area (Å²) in [5, 5.41) is 2.91. The minimum absolute atomic E-state index is 0.0718. The van der Waals surface area contributed by atoms with Crippen molar-refractivity contribution in [3.63, 3.8) is 0 Å². The summed E-state index contributed by atoms with van der Waals surface area (Å²) in [6, 6.07) is 5.01. The zero-order valence-corrected chi connectivity index (χ0v) is 14.8. The third-order valence-corrected chi connectivity index (χ3v) is 4.30. The highest BCUT2D eigenvalue weighted by atomic mass is 16.6. The quantitative estimate of drug-likeness (QED) is 0.846. The summed E-state index contributed by atoms with van der Waals surface area (Å²) in [6.07, 6.45) is 0.879. The summed E-state index contributed by atoms with van der Waals surface area (Å²) in [5.41, 5.74) is 1.91. The van der Waals surface area contributed by atoms with Crippen LogP contribution in [0, 0.1) is 12.8 Å². The average molecular weight is 348 g/mol. The van der Waals surface area contributed by atoms with Gasteiger partial charge in [0.25, 0.3) is 0 Å². The Morgan fingerprint density at radius 2 is 1.92 bits per heavy atom. The first kappa shape index (κ1) is 18.8. The molecule has 1 heterocycles. The number of methoxy groups -OCH3 is 1. The van der Waals surface area contributed by atoms with Gasteiger partial charge < -0.3 is 19.7 Å². The van der Waals surface area contributed by atoms with E-state index in [1.54, 1.807) is 30.0 Å². The first-order valence-electron chi connectivity index (χ1n) is 8.37. The number of carbonyl (C=O) groups excluding carboxylic acids is 3. The number of benzene rings is 1. The Hall–Kier alpha value is -2.57. The second-order valence-electron chi connectivity index (χ2n) is 5.97. The van der Waals surface area contributed by atoms with E-state index in [4.69, 9.17) is 4.74 Å². The number of ether oxygens (including phenoxy) is 2. The van der Waals surface area contributed by atoms with E-state index in [2.05, 4.69) is 10.1 Å². The minimum atomic E-state index is -0.410. The topological polar surface area (TPSA) is 84.9 Å². The van der Waals surface area contributed by atoms with Crippen LogP contribution in [0.15, 0.2) is 18.2 Å². The van der Waals surface area contributed by atoms with Crippen LogP contribution in [0.25, 0.3) is 0 Å². The fraction of sp³-hybridized carbons (Fsp3) is 0.500. The van der Waals surface area contributed by atoms with Crippen LogP contribution in [0.4, 0.5) is 10.5 Å². The number of aryl methyl sites for hydroxylation is 1. The van der Waals surface area contributed by atoms with Crippen LogP contribution in [0.5, 0.6) is 0 Å². The molecule has 0 aliphatic carbocycles. The van der Waals surface area contributed by atoms with E-state index in [1.807, 2.05) is 6.92 Å². The number of likely N-dealkylation sites (tertiary alicyclic amines) is 1. The van der Waals surface area contributed by atoms with E-state index in [0.717, 1.165) is 5.56 Å². The smallest absolute Gasteiger partial charge is 0.409 e. The minimum Gasteiger partial charge on any atom is -0.465 e. The van der Waals surface area contributed by atoms with Gasteiger partial charge in [-0.3, -0.25) is 4.79 Å². The molecule has 136 valence electrons. The fourth-order valence-corrected chi connectivity index (χ4v) is 2.82. The maximum Gasteiger partial charge on any atom is 0.409 e. The first-order valence-corrected chi connectivity index (χ1v) is 8.37. The number of anilines is 1. The Bertz CT molecular complexity index is 651. The van der Waals surface area contributed by atoms with Crippen molar-refractivity contribution in [3.8, 4) is 0 Å².